The molecule has 3 N–H and O–H groups in total. The molecule has 1 unspecified atom stereocenters. The lowest BCUT2D eigenvalue weighted by molar-refractivity contribution is -0.384. The van der Waals surface area contributed by atoms with E-state index in [1.54, 1.807) is 6.07 Å². The molecule has 1 aromatic carbocycles. The van der Waals surface area contributed by atoms with Crippen molar-refractivity contribution in [1.29, 1.82) is 0 Å². The second-order valence-corrected chi connectivity index (χ2v) is 4.03. The van der Waals surface area contributed by atoms with Crippen LogP contribution < -0.4 is 5.32 Å². The number of nitrogens with one attached hydrogen (secondary N) is 1. The fraction of sp³-hybridized carbons (Fsp3) is 0.500. The smallest absolute Gasteiger partial charge is 0.292 e. The number of aliphatic hydroxyl groups is 2. The molecule has 6 heteroatoms. The maximum absolute atomic E-state index is 10.9. The van der Waals surface area contributed by atoms with Crippen LogP contribution >= 0.6 is 0 Å². The third kappa shape index (κ3) is 3.68. The minimum Gasteiger partial charge on any atom is -0.396 e. The number of hydrogen-bond acceptors (Lipinski definition) is 5. The van der Waals surface area contributed by atoms with Gasteiger partial charge in [-0.1, -0.05) is 6.92 Å². The summed E-state index contributed by atoms with van der Waals surface area (Å²) in [7, 11) is 0. The second-order valence-electron chi connectivity index (χ2n) is 4.03. The predicted octanol–water partition coefficient (Wildman–Crippen LogP) is 1.66. The number of benzene rings is 1. The average Bonchev–Trinajstić information content (AvgIpc) is 2.37. The van der Waals surface area contributed by atoms with Crippen LogP contribution in [0.15, 0.2) is 18.2 Å². The van der Waals surface area contributed by atoms with Crippen molar-refractivity contribution in [1.82, 2.24) is 0 Å². The fourth-order valence-electron chi connectivity index (χ4n) is 1.71. The highest BCUT2D eigenvalue weighted by atomic mass is 16.6. The Morgan fingerprint density at radius 1 is 1.44 bits per heavy atom. The van der Waals surface area contributed by atoms with Crippen LogP contribution in [-0.4, -0.2) is 27.8 Å². The third-order valence-corrected chi connectivity index (χ3v) is 2.77. The molecule has 0 aliphatic heterocycles. The van der Waals surface area contributed by atoms with Crippen LogP contribution in [0, 0.1) is 10.1 Å². The van der Waals surface area contributed by atoms with E-state index < -0.39 is 4.92 Å². The number of nitro benzene ring substituents is 1. The van der Waals surface area contributed by atoms with Crippen LogP contribution in [0.5, 0.6) is 0 Å². The zero-order chi connectivity index (χ0) is 13.5. The van der Waals surface area contributed by atoms with E-state index in [9.17, 15) is 10.1 Å². The molecule has 0 fully saturated rings. The third-order valence-electron chi connectivity index (χ3n) is 2.77. The largest absolute Gasteiger partial charge is 0.396 e. The van der Waals surface area contributed by atoms with Crippen molar-refractivity contribution in [3.05, 3.63) is 33.9 Å². The van der Waals surface area contributed by atoms with Gasteiger partial charge in [0, 0.05) is 18.7 Å². The Labute approximate surface area is 105 Å². The molecule has 0 aromatic heterocycles. The summed E-state index contributed by atoms with van der Waals surface area (Å²) >= 11 is 0. The van der Waals surface area contributed by atoms with E-state index >= 15 is 0 Å². The van der Waals surface area contributed by atoms with Gasteiger partial charge in [0.25, 0.3) is 5.69 Å². The SMILES string of the molecule is CCC(CCO)Nc1cc(CO)ccc1[N+](=O)[O-]. The van der Waals surface area contributed by atoms with Crippen molar-refractivity contribution in [3.8, 4) is 0 Å². The molecule has 100 valence electrons. The number of rotatable bonds is 7. The molecule has 0 amide bonds. The number of aliphatic hydroxyl groups excluding tert-OH is 2. The molecule has 1 aromatic rings. The molecule has 0 spiro atoms. The van der Waals surface area contributed by atoms with Crippen LogP contribution in [0.25, 0.3) is 0 Å². The Kier molecular flexibility index (Phi) is 5.54. The number of hydrogen-bond donors (Lipinski definition) is 3. The highest BCUT2D eigenvalue weighted by Gasteiger charge is 2.16. The first kappa shape index (κ1) is 14.4. The molecule has 1 atom stereocenters. The van der Waals surface area contributed by atoms with Gasteiger partial charge in [0.2, 0.25) is 0 Å². The van der Waals surface area contributed by atoms with Crippen LogP contribution in [0.4, 0.5) is 11.4 Å². The van der Waals surface area contributed by atoms with Crippen molar-refractivity contribution >= 4 is 11.4 Å². The molecular weight excluding hydrogens is 236 g/mol. The summed E-state index contributed by atoms with van der Waals surface area (Å²) in [6, 6.07) is 4.44. The van der Waals surface area contributed by atoms with Gasteiger partial charge in [-0.15, -0.1) is 0 Å². The molecule has 0 aliphatic rings. The van der Waals surface area contributed by atoms with Gasteiger partial charge in [-0.3, -0.25) is 10.1 Å². The molecule has 1 rings (SSSR count). The molecule has 0 bridgehead atoms. The first-order valence-electron chi connectivity index (χ1n) is 5.88. The van der Waals surface area contributed by atoms with Gasteiger partial charge in [0.15, 0.2) is 0 Å². The van der Waals surface area contributed by atoms with Gasteiger partial charge >= 0.3 is 0 Å². The first-order valence-corrected chi connectivity index (χ1v) is 5.88. The average molecular weight is 254 g/mol. The molecule has 6 nitrogen and oxygen atoms in total. The molecule has 0 radical (unpaired) electrons. The highest BCUT2D eigenvalue weighted by Crippen LogP contribution is 2.27. The number of nitro groups is 1. The van der Waals surface area contributed by atoms with Crippen LogP contribution in [-0.2, 0) is 6.61 Å². The van der Waals surface area contributed by atoms with Crippen LogP contribution in [0.2, 0.25) is 0 Å². The first-order chi connectivity index (χ1) is 8.62. The Morgan fingerprint density at radius 3 is 2.67 bits per heavy atom. The summed E-state index contributed by atoms with van der Waals surface area (Å²) in [5.41, 5.74) is 0.970. The Morgan fingerprint density at radius 2 is 2.17 bits per heavy atom. The van der Waals surface area contributed by atoms with Gasteiger partial charge in [-0.25, -0.2) is 0 Å². The van der Waals surface area contributed by atoms with Gasteiger partial charge in [0.1, 0.15) is 5.69 Å². The minimum absolute atomic E-state index is 0.0245. The van der Waals surface area contributed by atoms with E-state index in [-0.39, 0.29) is 24.9 Å². The Balaban J connectivity index is 2.99. The number of nitrogens with zero attached hydrogens (tertiary/aromatic N) is 1. The standard InChI is InChI=1S/C12H18N2O4/c1-2-10(5-6-15)13-11-7-9(8-16)3-4-12(11)14(17)18/h3-4,7,10,13,15-16H,2,5-6,8H2,1H3. The van der Waals surface area contributed by atoms with E-state index in [2.05, 4.69) is 5.32 Å². The van der Waals surface area contributed by atoms with Gasteiger partial charge in [-0.05, 0) is 30.5 Å². The normalized spacial score (nSPS) is 12.2. The monoisotopic (exact) mass is 254 g/mol. The summed E-state index contributed by atoms with van der Waals surface area (Å²) in [4.78, 5) is 10.4. The Bertz CT molecular complexity index is 409. The zero-order valence-electron chi connectivity index (χ0n) is 10.3. The van der Waals surface area contributed by atoms with Crippen molar-refractivity contribution in [2.24, 2.45) is 0 Å². The van der Waals surface area contributed by atoms with Crippen molar-refractivity contribution in [2.45, 2.75) is 32.4 Å². The Hall–Kier alpha value is -1.66. The summed E-state index contributed by atoms with van der Waals surface area (Å²) in [6.45, 7) is 1.80. The molecule has 0 saturated carbocycles. The summed E-state index contributed by atoms with van der Waals surface area (Å²) in [5, 5.41) is 31.9. The highest BCUT2D eigenvalue weighted by molar-refractivity contribution is 5.63. The van der Waals surface area contributed by atoms with E-state index in [1.165, 1.54) is 12.1 Å². The second kappa shape index (κ2) is 6.93. The van der Waals surface area contributed by atoms with Gasteiger partial charge < -0.3 is 15.5 Å². The lowest BCUT2D eigenvalue weighted by atomic mass is 10.1. The van der Waals surface area contributed by atoms with Crippen molar-refractivity contribution < 1.29 is 15.1 Å². The quantitative estimate of drug-likeness (QED) is 0.508. The summed E-state index contributed by atoms with van der Waals surface area (Å²) < 4.78 is 0. The minimum atomic E-state index is -0.463. The van der Waals surface area contributed by atoms with E-state index in [0.717, 1.165) is 6.42 Å². The van der Waals surface area contributed by atoms with Gasteiger partial charge in [0.05, 0.1) is 11.5 Å². The lowest BCUT2D eigenvalue weighted by Crippen LogP contribution is -2.20. The molecule has 0 aliphatic carbocycles. The lowest BCUT2D eigenvalue weighted by Gasteiger charge is -2.17. The summed E-state index contributed by atoms with van der Waals surface area (Å²) in [5.74, 6) is 0. The fourth-order valence-corrected chi connectivity index (χ4v) is 1.71. The molecule has 0 heterocycles. The van der Waals surface area contributed by atoms with Crippen LogP contribution in [0.3, 0.4) is 0 Å². The maximum atomic E-state index is 10.9. The topological polar surface area (TPSA) is 95.6 Å². The van der Waals surface area contributed by atoms with Crippen molar-refractivity contribution in [2.75, 3.05) is 11.9 Å². The van der Waals surface area contributed by atoms with E-state index in [0.29, 0.717) is 17.7 Å². The molecule has 18 heavy (non-hydrogen) atoms. The predicted molar refractivity (Wildman–Crippen MR) is 68.4 cm³/mol. The summed E-state index contributed by atoms with van der Waals surface area (Å²) in [6.07, 6.45) is 1.28. The van der Waals surface area contributed by atoms with E-state index in [4.69, 9.17) is 10.2 Å². The maximum Gasteiger partial charge on any atom is 0.292 e. The van der Waals surface area contributed by atoms with Gasteiger partial charge in [-0.2, -0.15) is 0 Å². The molecular formula is C12H18N2O4. The number of anilines is 1. The zero-order valence-corrected chi connectivity index (χ0v) is 10.3. The van der Waals surface area contributed by atoms with E-state index in [1.807, 2.05) is 6.92 Å². The molecule has 0 saturated heterocycles. The van der Waals surface area contributed by atoms with Crippen molar-refractivity contribution in [3.63, 3.8) is 0 Å². The van der Waals surface area contributed by atoms with Crippen LogP contribution in [0.1, 0.15) is 25.3 Å².